The molecule has 2 aliphatic heterocycles. The fourth-order valence-electron chi connectivity index (χ4n) is 8.31. The van der Waals surface area contributed by atoms with Gasteiger partial charge in [-0.05, 0) is 70.5 Å². The monoisotopic (exact) mass is 864 g/mol. The van der Waals surface area contributed by atoms with E-state index in [4.69, 9.17) is 9.47 Å². The van der Waals surface area contributed by atoms with E-state index >= 15 is 0 Å². The third-order valence-corrected chi connectivity index (χ3v) is 13.4. The maximum Gasteiger partial charge on any atom is 0.241 e. The van der Waals surface area contributed by atoms with Gasteiger partial charge in [0.05, 0.1) is 23.7 Å². The van der Waals surface area contributed by atoms with Crippen molar-refractivity contribution in [1.29, 1.82) is 0 Å². The first-order valence-corrected chi connectivity index (χ1v) is 23.2. The summed E-state index contributed by atoms with van der Waals surface area (Å²) in [5, 5.41) is 12.6. The lowest BCUT2D eigenvalue weighted by Gasteiger charge is -2.40. The number of aryl methyl sites for hydroxylation is 1. The van der Waals surface area contributed by atoms with Crippen molar-refractivity contribution in [3.8, 4) is 11.1 Å². The fraction of sp³-hybridized carbons (Fsp3) is 0.288. The predicted molar refractivity (Wildman–Crippen MR) is 246 cm³/mol. The normalized spacial score (nSPS) is 19.0. The minimum absolute atomic E-state index is 0.00554. The molecule has 2 aliphatic rings. The average Bonchev–Trinajstić information content (AvgIpc) is 3.32. The van der Waals surface area contributed by atoms with E-state index in [0.29, 0.717) is 0 Å². The van der Waals surface area contributed by atoms with Gasteiger partial charge in [0.1, 0.15) is 6.04 Å². The zero-order valence-electron chi connectivity index (χ0n) is 35.7. The number of benzene rings is 6. The molecule has 8 rings (SSSR count). The van der Waals surface area contributed by atoms with Crippen molar-refractivity contribution >= 4 is 15.9 Å². The summed E-state index contributed by atoms with van der Waals surface area (Å²) < 4.78 is 42.8. The summed E-state index contributed by atoms with van der Waals surface area (Å²) in [7, 11) is -3.96. The first kappa shape index (κ1) is 44.1. The molecular weight excluding hydrogens is 809 g/mol. The van der Waals surface area contributed by atoms with Crippen LogP contribution in [-0.2, 0) is 50.4 Å². The molecule has 0 aromatic heterocycles. The molecule has 1 amide bonds. The number of nitrogens with zero attached hydrogens (tertiary/aromatic N) is 2. The molecule has 0 aliphatic carbocycles. The third kappa shape index (κ3) is 12.0. The van der Waals surface area contributed by atoms with Crippen LogP contribution in [0.2, 0.25) is 0 Å². The molecule has 4 atom stereocenters. The molecule has 3 N–H and O–H groups in total. The molecule has 63 heavy (non-hydrogen) atoms. The largest absolute Gasteiger partial charge is 0.392 e. The number of hydrogen-bond acceptors (Lipinski definition) is 8. The van der Waals surface area contributed by atoms with E-state index in [1.54, 1.807) is 24.3 Å². The van der Waals surface area contributed by atoms with Crippen molar-refractivity contribution < 1.29 is 27.8 Å². The Morgan fingerprint density at radius 2 is 1.32 bits per heavy atom. The molecule has 6 aromatic carbocycles. The van der Waals surface area contributed by atoms with Crippen molar-refractivity contribution in [2.45, 2.75) is 68.9 Å². The van der Waals surface area contributed by atoms with Crippen molar-refractivity contribution in [3.63, 3.8) is 0 Å². The van der Waals surface area contributed by atoms with Crippen molar-refractivity contribution in [3.05, 3.63) is 197 Å². The van der Waals surface area contributed by atoms with Crippen LogP contribution >= 0.6 is 0 Å². The summed E-state index contributed by atoms with van der Waals surface area (Å²) in [5.41, 5.74) is 8.83. The highest BCUT2D eigenvalue weighted by Gasteiger charge is 2.34. The first-order chi connectivity index (χ1) is 30.7. The molecule has 6 aromatic rings. The molecule has 2 saturated heterocycles. The maximum atomic E-state index is 13.7. The Morgan fingerprint density at radius 1 is 0.683 bits per heavy atom. The SMILES string of the molecule is Cc1ccc(S(=O)(=O)N[C@H](Cc2ccccc2)C(=O)NCc2cccc(-c3ccc([C@H]4O[C@@H](CN5CCN(Cc6ccccc6)CC5)C[C@@H](c5ccc(CO)cc5)O4)cc3)c2)cc1. The molecule has 0 saturated carbocycles. The van der Waals surface area contributed by atoms with Crippen LogP contribution < -0.4 is 10.0 Å². The number of aliphatic hydroxyl groups excluding tert-OH is 1. The first-order valence-electron chi connectivity index (χ1n) is 21.8. The highest BCUT2D eigenvalue weighted by molar-refractivity contribution is 7.89. The van der Waals surface area contributed by atoms with E-state index in [2.05, 4.69) is 74.4 Å². The van der Waals surface area contributed by atoms with Crippen LogP contribution in [0, 0.1) is 6.92 Å². The lowest BCUT2D eigenvalue weighted by atomic mass is 9.98. The van der Waals surface area contributed by atoms with Crippen molar-refractivity contribution in [1.82, 2.24) is 19.8 Å². The van der Waals surface area contributed by atoms with Crippen LogP contribution in [-0.4, -0.2) is 74.1 Å². The molecule has 2 fully saturated rings. The topological polar surface area (TPSA) is 120 Å². The van der Waals surface area contributed by atoms with Gasteiger partial charge in [0.15, 0.2) is 6.29 Å². The van der Waals surface area contributed by atoms with E-state index in [1.807, 2.05) is 85.8 Å². The van der Waals surface area contributed by atoms with Gasteiger partial charge in [0.25, 0.3) is 0 Å². The Kier molecular flexibility index (Phi) is 14.6. The minimum Gasteiger partial charge on any atom is -0.392 e. The smallest absolute Gasteiger partial charge is 0.241 e. The van der Waals surface area contributed by atoms with Gasteiger partial charge in [0.2, 0.25) is 15.9 Å². The fourth-order valence-corrected chi connectivity index (χ4v) is 9.50. The number of sulfonamides is 1. The van der Waals surface area contributed by atoms with Crippen molar-refractivity contribution in [2.24, 2.45) is 0 Å². The van der Waals surface area contributed by atoms with Crippen LogP contribution in [0.25, 0.3) is 11.1 Å². The lowest BCUT2D eigenvalue weighted by molar-refractivity contribution is -0.253. The van der Waals surface area contributed by atoms with E-state index in [1.165, 1.54) is 5.56 Å². The molecule has 10 nitrogen and oxygen atoms in total. The molecule has 11 heteroatoms. The Morgan fingerprint density at radius 3 is 2.00 bits per heavy atom. The number of carbonyl (C=O) groups is 1. The summed E-state index contributed by atoms with van der Waals surface area (Å²) >= 11 is 0. The number of carbonyl (C=O) groups excluding carboxylic acids is 1. The highest BCUT2D eigenvalue weighted by atomic mass is 32.2. The van der Waals surface area contributed by atoms with Gasteiger partial charge in [0, 0.05) is 57.8 Å². The van der Waals surface area contributed by atoms with Gasteiger partial charge >= 0.3 is 0 Å². The van der Waals surface area contributed by atoms with Crippen LogP contribution in [0.4, 0.5) is 0 Å². The van der Waals surface area contributed by atoms with E-state index in [0.717, 1.165) is 90.2 Å². The van der Waals surface area contributed by atoms with Gasteiger partial charge in [-0.1, -0.05) is 145 Å². The van der Waals surface area contributed by atoms with Gasteiger partial charge in [-0.2, -0.15) is 4.72 Å². The van der Waals surface area contributed by atoms with Crippen LogP contribution in [0.15, 0.2) is 163 Å². The summed E-state index contributed by atoms with van der Waals surface area (Å²) in [6.45, 7) is 7.86. The van der Waals surface area contributed by atoms with Gasteiger partial charge < -0.3 is 19.9 Å². The second-order valence-electron chi connectivity index (χ2n) is 16.6. The second-order valence-corrected chi connectivity index (χ2v) is 18.3. The van der Waals surface area contributed by atoms with Crippen LogP contribution in [0.3, 0.4) is 0 Å². The number of hydrogen-bond donors (Lipinski definition) is 3. The summed E-state index contributed by atoms with van der Waals surface area (Å²) in [5.74, 6) is -0.414. The molecular formula is C52H56N4O6S. The number of aliphatic hydroxyl groups is 1. The Labute approximate surface area is 371 Å². The molecule has 0 radical (unpaired) electrons. The number of rotatable bonds is 16. The summed E-state index contributed by atoms with van der Waals surface area (Å²) in [6.07, 6.45) is 0.156. The van der Waals surface area contributed by atoms with Crippen LogP contribution in [0.5, 0.6) is 0 Å². The van der Waals surface area contributed by atoms with E-state index in [9.17, 15) is 18.3 Å². The zero-order chi connectivity index (χ0) is 43.6. The van der Waals surface area contributed by atoms with Gasteiger partial charge in [-0.15, -0.1) is 0 Å². The molecule has 0 spiro atoms. The van der Waals surface area contributed by atoms with Gasteiger partial charge in [-0.3, -0.25) is 14.6 Å². The summed E-state index contributed by atoms with van der Waals surface area (Å²) in [6, 6.07) is 49.8. The molecule has 0 bridgehead atoms. The predicted octanol–water partition coefficient (Wildman–Crippen LogP) is 7.72. The maximum absolute atomic E-state index is 13.7. The average molecular weight is 865 g/mol. The summed E-state index contributed by atoms with van der Waals surface area (Å²) in [4.78, 5) is 18.8. The molecule has 2 heterocycles. The quantitative estimate of drug-likeness (QED) is 0.0906. The van der Waals surface area contributed by atoms with Crippen LogP contribution in [0.1, 0.15) is 57.8 Å². The highest BCUT2D eigenvalue weighted by Crippen LogP contribution is 2.39. The Balaban J connectivity index is 0.924. The minimum atomic E-state index is -3.96. The number of piperazine rings is 1. The lowest BCUT2D eigenvalue weighted by Crippen LogP contribution is -2.49. The Hall–Kier alpha value is -5.50. The number of ether oxygens (including phenoxy) is 2. The third-order valence-electron chi connectivity index (χ3n) is 11.9. The van der Waals surface area contributed by atoms with Crippen molar-refractivity contribution in [2.75, 3.05) is 32.7 Å². The number of nitrogens with one attached hydrogen (secondary N) is 2. The number of amides is 1. The molecule has 326 valence electrons. The Bertz CT molecular complexity index is 2500. The molecule has 0 unspecified atom stereocenters. The zero-order valence-corrected chi connectivity index (χ0v) is 36.5. The van der Waals surface area contributed by atoms with E-state index < -0.39 is 28.3 Å². The van der Waals surface area contributed by atoms with Gasteiger partial charge in [-0.25, -0.2) is 8.42 Å². The standard InChI is InChI=1S/C52H56N4O6S/c1-38-15-25-48(26-16-38)63(59,60)54-49(32-39-9-4-2-5-10-39)51(58)53-34-42-13-8-14-46(31-42)43-21-23-45(24-22-43)52-61-47(33-50(62-52)44-19-17-41(37-57)18-20-44)36-56-29-27-55(28-30-56)35-40-11-6-3-7-12-40/h2-26,31,47,49-50,52,54,57H,27-30,32-37H2,1H3,(H,53,58)/t47-,49-,50+,52+/m1/s1. The second kappa shape index (κ2) is 20.8. The van der Waals surface area contributed by atoms with E-state index in [-0.39, 0.29) is 36.7 Å².